The molecule has 1 aliphatic heterocycles. The number of rotatable bonds is 6. The molecule has 0 atom stereocenters. The lowest BCUT2D eigenvalue weighted by Crippen LogP contribution is -2.52. The van der Waals surface area contributed by atoms with Crippen molar-refractivity contribution in [2.75, 3.05) is 11.5 Å². The van der Waals surface area contributed by atoms with E-state index < -0.39 is 17.5 Å². The van der Waals surface area contributed by atoms with Crippen molar-refractivity contribution in [2.24, 2.45) is 0 Å². The number of carboxylic acids is 1. The van der Waals surface area contributed by atoms with Crippen LogP contribution in [0.3, 0.4) is 0 Å². The molecule has 7 nitrogen and oxygen atoms in total. The van der Waals surface area contributed by atoms with E-state index in [1.807, 2.05) is 6.92 Å². The van der Waals surface area contributed by atoms with Gasteiger partial charge in [-0.05, 0) is 56.2 Å². The number of amides is 1. The van der Waals surface area contributed by atoms with E-state index in [2.05, 4.69) is 0 Å². The average Bonchev–Trinajstić information content (AvgIpc) is 2.69. The van der Waals surface area contributed by atoms with E-state index in [0.29, 0.717) is 23.6 Å². The molecule has 0 fully saturated rings. The minimum absolute atomic E-state index is 0.0684. The number of aromatic carboxylic acids is 1. The SMILES string of the molecule is CCCOC(=O)c1ccc(CN2C(=O)C(C)(C)Oc3ccc(C(=O)O)cc32)cc1. The van der Waals surface area contributed by atoms with Crippen LogP contribution in [0, 0.1) is 0 Å². The largest absolute Gasteiger partial charge is 0.478 e. The van der Waals surface area contributed by atoms with Crippen LogP contribution < -0.4 is 9.64 Å². The molecule has 1 N–H and O–H groups in total. The molecule has 152 valence electrons. The molecule has 0 spiro atoms. The first kappa shape index (κ1) is 20.4. The summed E-state index contributed by atoms with van der Waals surface area (Å²) in [5.74, 6) is -1.31. The normalized spacial score (nSPS) is 14.7. The molecule has 0 radical (unpaired) electrons. The summed E-state index contributed by atoms with van der Waals surface area (Å²) in [7, 11) is 0. The molecular weight excluding hydrogens is 374 g/mol. The van der Waals surface area contributed by atoms with Gasteiger partial charge in [0.25, 0.3) is 5.91 Å². The minimum Gasteiger partial charge on any atom is -0.478 e. The third-order valence-electron chi connectivity index (χ3n) is 4.59. The fraction of sp³-hybridized carbons (Fsp3) is 0.318. The van der Waals surface area contributed by atoms with Gasteiger partial charge in [0.15, 0.2) is 5.60 Å². The van der Waals surface area contributed by atoms with Gasteiger partial charge in [-0.15, -0.1) is 0 Å². The van der Waals surface area contributed by atoms with E-state index in [9.17, 15) is 19.5 Å². The molecule has 3 rings (SSSR count). The van der Waals surface area contributed by atoms with Gasteiger partial charge in [-0.1, -0.05) is 19.1 Å². The van der Waals surface area contributed by atoms with Crippen LogP contribution in [0.1, 0.15) is 53.5 Å². The number of hydrogen-bond donors (Lipinski definition) is 1. The van der Waals surface area contributed by atoms with Gasteiger partial charge < -0.3 is 19.5 Å². The van der Waals surface area contributed by atoms with E-state index in [4.69, 9.17) is 9.47 Å². The summed E-state index contributed by atoms with van der Waals surface area (Å²) in [6, 6.07) is 11.2. The number of carbonyl (C=O) groups excluding carboxylic acids is 2. The summed E-state index contributed by atoms with van der Waals surface area (Å²) < 4.78 is 10.9. The van der Waals surface area contributed by atoms with E-state index in [1.165, 1.54) is 17.0 Å². The summed E-state index contributed by atoms with van der Waals surface area (Å²) in [5, 5.41) is 9.29. The monoisotopic (exact) mass is 397 g/mol. The Bertz CT molecular complexity index is 948. The maximum Gasteiger partial charge on any atom is 0.338 e. The third kappa shape index (κ3) is 4.23. The number of carbonyl (C=O) groups is 3. The smallest absolute Gasteiger partial charge is 0.338 e. The van der Waals surface area contributed by atoms with Crippen LogP contribution in [0.5, 0.6) is 5.75 Å². The highest BCUT2D eigenvalue weighted by molar-refractivity contribution is 6.03. The maximum atomic E-state index is 13.0. The van der Waals surface area contributed by atoms with Gasteiger partial charge in [0, 0.05) is 0 Å². The van der Waals surface area contributed by atoms with Crippen molar-refractivity contribution < 1.29 is 29.0 Å². The fourth-order valence-corrected chi connectivity index (χ4v) is 3.06. The number of benzene rings is 2. The van der Waals surface area contributed by atoms with Crippen molar-refractivity contribution in [3.05, 3.63) is 59.2 Å². The zero-order valence-corrected chi connectivity index (χ0v) is 16.6. The molecule has 1 amide bonds. The molecule has 7 heteroatoms. The van der Waals surface area contributed by atoms with Gasteiger partial charge in [-0.3, -0.25) is 4.79 Å². The quantitative estimate of drug-likeness (QED) is 0.748. The molecule has 2 aromatic carbocycles. The number of hydrogen-bond acceptors (Lipinski definition) is 5. The Hall–Kier alpha value is -3.35. The van der Waals surface area contributed by atoms with E-state index in [1.54, 1.807) is 44.2 Å². The molecule has 2 aromatic rings. The number of nitrogens with zero attached hydrogens (tertiary/aromatic N) is 1. The molecule has 0 aliphatic carbocycles. The van der Waals surface area contributed by atoms with Gasteiger partial charge >= 0.3 is 11.9 Å². The summed E-state index contributed by atoms with van der Waals surface area (Å²) >= 11 is 0. The number of esters is 1. The molecule has 0 bridgehead atoms. The van der Waals surface area contributed by atoms with E-state index in [-0.39, 0.29) is 18.0 Å². The number of ether oxygens (including phenoxy) is 2. The van der Waals surface area contributed by atoms with Crippen LogP contribution >= 0.6 is 0 Å². The fourth-order valence-electron chi connectivity index (χ4n) is 3.06. The average molecular weight is 397 g/mol. The summed E-state index contributed by atoms with van der Waals surface area (Å²) in [4.78, 5) is 37.8. The Labute approximate surface area is 168 Å². The highest BCUT2D eigenvalue weighted by Gasteiger charge is 2.41. The Morgan fingerprint density at radius 2 is 1.76 bits per heavy atom. The Morgan fingerprint density at radius 1 is 1.10 bits per heavy atom. The topological polar surface area (TPSA) is 93.1 Å². The highest BCUT2D eigenvalue weighted by Crippen LogP contribution is 2.39. The number of anilines is 1. The van der Waals surface area contributed by atoms with Crippen molar-refractivity contribution in [1.82, 2.24) is 0 Å². The van der Waals surface area contributed by atoms with Crippen LogP contribution in [0.15, 0.2) is 42.5 Å². The molecule has 1 aliphatic rings. The molecule has 29 heavy (non-hydrogen) atoms. The van der Waals surface area contributed by atoms with Crippen molar-refractivity contribution in [3.63, 3.8) is 0 Å². The Balaban J connectivity index is 1.89. The summed E-state index contributed by atoms with van der Waals surface area (Å²) in [5.41, 5.74) is 0.612. The van der Waals surface area contributed by atoms with Gasteiger partial charge in [0.1, 0.15) is 5.75 Å². The number of fused-ring (bicyclic) bond motifs is 1. The van der Waals surface area contributed by atoms with Crippen molar-refractivity contribution in [2.45, 2.75) is 39.3 Å². The zero-order valence-electron chi connectivity index (χ0n) is 16.6. The van der Waals surface area contributed by atoms with Crippen molar-refractivity contribution in [3.8, 4) is 5.75 Å². The lowest BCUT2D eigenvalue weighted by Gasteiger charge is -2.39. The molecule has 0 aromatic heterocycles. The van der Waals surface area contributed by atoms with Gasteiger partial charge in [0.05, 0.1) is 30.0 Å². The second-order valence-electron chi connectivity index (χ2n) is 7.32. The van der Waals surface area contributed by atoms with Gasteiger partial charge in [-0.2, -0.15) is 0 Å². The molecule has 0 saturated carbocycles. The van der Waals surface area contributed by atoms with Crippen molar-refractivity contribution in [1.29, 1.82) is 0 Å². The van der Waals surface area contributed by atoms with Crippen LogP contribution in [-0.4, -0.2) is 35.2 Å². The summed E-state index contributed by atoms with van der Waals surface area (Å²) in [6.07, 6.45) is 0.747. The Kier molecular flexibility index (Phi) is 5.59. The Morgan fingerprint density at radius 3 is 2.38 bits per heavy atom. The molecule has 0 saturated heterocycles. The van der Waals surface area contributed by atoms with Crippen LogP contribution in [0.4, 0.5) is 5.69 Å². The third-order valence-corrected chi connectivity index (χ3v) is 4.59. The van der Waals surface area contributed by atoms with Crippen LogP contribution in [0.2, 0.25) is 0 Å². The first-order chi connectivity index (χ1) is 13.7. The minimum atomic E-state index is -1.08. The first-order valence-corrected chi connectivity index (χ1v) is 9.37. The second kappa shape index (κ2) is 7.95. The predicted molar refractivity (Wildman–Crippen MR) is 106 cm³/mol. The van der Waals surface area contributed by atoms with Crippen LogP contribution in [0.25, 0.3) is 0 Å². The van der Waals surface area contributed by atoms with Gasteiger partial charge in [0.2, 0.25) is 0 Å². The number of carboxylic acid groups (broad SMARTS) is 1. The van der Waals surface area contributed by atoms with E-state index in [0.717, 1.165) is 12.0 Å². The first-order valence-electron chi connectivity index (χ1n) is 9.37. The van der Waals surface area contributed by atoms with E-state index >= 15 is 0 Å². The molecular formula is C22H23NO6. The maximum absolute atomic E-state index is 13.0. The molecule has 0 unspecified atom stereocenters. The lowest BCUT2D eigenvalue weighted by molar-refractivity contribution is -0.132. The standard InChI is InChI=1S/C22H23NO6/c1-4-11-28-20(26)15-7-5-14(6-8-15)13-23-17-12-16(19(24)25)9-10-18(17)29-22(2,3)21(23)27/h5-10,12H,4,11,13H2,1-3H3,(H,24,25). The predicted octanol–water partition coefficient (Wildman–Crippen LogP) is 3.66. The summed E-state index contributed by atoms with van der Waals surface area (Å²) in [6.45, 7) is 5.84. The van der Waals surface area contributed by atoms with Crippen LogP contribution in [-0.2, 0) is 16.1 Å². The zero-order chi connectivity index (χ0) is 21.2. The highest BCUT2D eigenvalue weighted by atomic mass is 16.5. The second-order valence-corrected chi connectivity index (χ2v) is 7.32. The molecule has 1 heterocycles. The van der Waals surface area contributed by atoms with Gasteiger partial charge in [-0.25, -0.2) is 9.59 Å². The van der Waals surface area contributed by atoms with Crippen molar-refractivity contribution >= 4 is 23.5 Å². The lowest BCUT2D eigenvalue weighted by atomic mass is 10.0.